The quantitative estimate of drug-likeness (QED) is 0.420. The minimum atomic E-state index is -0.530. The van der Waals surface area contributed by atoms with Crippen LogP contribution in [0.1, 0.15) is 23.6 Å². The van der Waals surface area contributed by atoms with E-state index in [0.29, 0.717) is 12.2 Å². The van der Waals surface area contributed by atoms with Gasteiger partial charge in [0.05, 0.1) is 6.61 Å². The largest absolute Gasteiger partial charge is 0.462 e. The first-order valence-electron chi connectivity index (χ1n) is 6.97. The first-order valence-corrected chi connectivity index (χ1v) is 6.97. The van der Waals surface area contributed by atoms with Gasteiger partial charge in [-0.05, 0) is 23.6 Å². The van der Waals surface area contributed by atoms with E-state index in [0.717, 1.165) is 35.3 Å². The number of hydrogen-bond donors (Lipinski definition) is 0. The maximum Gasteiger partial charge on any atom is 0.335 e. The standard InChI is InChI=1S/C18H20O4/c1-5-13-9-10-16(22-18(20)8-4)15(14(13)6-2)11-12-21-17(19)7-3/h5,7-10H,1,3-4,6,11-12H2,2H3. The average molecular weight is 300 g/mol. The van der Waals surface area contributed by atoms with Crippen molar-refractivity contribution < 1.29 is 19.1 Å². The van der Waals surface area contributed by atoms with E-state index in [1.807, 2.05) is 13.0 Å². The SMILES string of the molecule is C=CC(=O)OCCc1c(OC(=O)C=C)ccc(C=C)c1CC. The first kappa shape index (κ1) is 17.4. The molecule has 1 aromatic carbocycles. The molecule has 0 unspecified atom stereocenters. The summed E-state index contributed by atoms with van der Waals surface area (Å²) < 4.78 is 10.3. The van der Waals surface area contributed by atoms with Gasteiger partial charge in [0.25, 0.3) is 0 Å². The average Bonchev–Trinajstić information content (AvgIpc) is 2.54. The van der Waals surface area contributed by atoms with Crippen LogP contribution >= 0.6 is 0 Å². The molecule has 0 saturated heterocycles. The summed E-state index contributed by atoms with van der Waals surface area (Å²) in [5.41, 5.74) is 2.80. The third-order valence-electron chi connectivity index (χ3n) is 3.14. The molecule has 4 heteroatoms. The molecule has 0 radical (unpaired) electrons. The van der Waals surface area contributed by atoms with Gasteiger partial charge < -0.3 is 9.47 Å². The molecule has 0 spiro atoms. The number of benzene rings is 1. The smallest absolute Gasteiger partial charge is 0.335 e. The lowest BCUT2D eigenvalue weighted by Gasteiger charge is -2.16. The molecular weight excluding hydrogens is 280 g/mol. The fourth-order valence-electron chi connectivity index (χ4n) is 2.13. The Balaban J connectivity index is 3.12. The van der Waals surface area contributed by atoms with Crippen LogP contribution in [0.5, 0.6) is 5.75 Å². The highest BCUT2D eigenvalue weighted by Crippen LogP contribution is 2.28. The van der Waals surface area contributed by atoms with Crippen molar-refractivity contribution in [1.29, 1.82) is 0 Å². The predicted octanol–water partition coefficient (Wildman–Crippen LogP) is 3.26. The lowest BCUT2D eigenvalue weighted by atomic mass is 9.96. The van der Waals surface area contributed by atoms with Crippen molar-refractivity contribution in [3.63, 3.8) is 0 Å². The van der Waals surface area contributed by atoms with E-state index < -0.39 is 11.9 Å². The number of ether oxygens (including phenoxy) is 2. The summed E-state index contributed by atoms with van der Waals surface area (Å²) in [5, 5.41) is 0. The summed E-state index contributed by atoms with van der Waals surface area (Å²) in [5.74, 6) is -0.567. The number of hydrogen-bond acceptors (Lipinski definition) is 4. The van der Waals surface area contributed by atoms with Crippen molar-refractivity contribution in [2.24, 2.45) is 0 Å². The summed E-state index contributed by atoms with van der Waals surface area (Å²) in [6.45, 7) is 12.7. The van der Waals surface area contributed by atoms with Gasteiger partial charge in [0.15, 0.2) is 0 Å². The lowest BCUT2D eigenvalue weighted by molar-refractivity contribution is -0.137. The van der Waals surface area contributed by atoms with Crippen LogP contribution in [0.15, 0.2) is 44.0 Å². The van der Waals surface area contributed by atoms with Crippen LogP contribution in [0.2, 0.25) is 0 Å². The van der Waals surface area contributed by atoms with E-state index in [4.69, 9.17) is 9.47 Å². The van der Waals surface area contributed by atoms with Crippen LogP contribution in [0.3, 0.4) is 0 Å². The normalized spacial score (nSPS) is 9.68. The molecule has 116 valence electrons. The molecule has 0 saturated carbocycles. The number of carbonyl (C=O) groups is 2. The number of esters is 2. The lowest BCUT2D eigenvalue weighted by Crippen LogP contribution is -2.11. The Labute approximate surface area is 130 Å². The zero-order valence-corrected chi connectivity index (χ0v) is 12.8. The molecule has 0 N–H and O–H groups in total. The van der Waals surface area contributed by atoms with E-state index in [1.165, 1.54) is 0 Å². The molecule has 4 nitrogen and oxygen atoms in total. The van der Waals surface area contributed by atoms with Gasteiger partial charge in [0.2, 0.25) is 0 Å². The maximum absolute atomic E-state index is 11.5. The van der Waals surface area contributed by atoms with Crippen molar-refractivity contribution in [2.45, 2.75) is 19.8 Å². The third-order valence-corrected chi connectivity index (χ3v) is 3.14. The highest BCUT2D eigenvalue weighted by atomic mass is 16.5. The molecular formula is C18H20O4. The molecule has 22 heavy (non-hydrogen) atoms. The van der Waals surface area contributed by atoms with Crippen molar-refractivity contribution >= 4 is 18.0 Å². The highest BCUT2D eigenvalue weighted by Gasteiger charge is 2.14. The Hall–Kier alpha value is -2.62. The zero-order chi connectivity index (χ0) is 16.5. The molecule has 0 aliphatic rings. The van der Waals surface area contributed by atoms with E-state index in [1.54, 1.807) is 12.1 Å². The first-order chi connectivity index (χ1) is 10.6. The van der Waals surface area contributed by atoms with Gasteiger partial charge in [-0.15, -0.1) is 0 Å². The van der Waals surface area contributed by atoms with Gasteiger partial charge in [0, 0.05) is 24.1 Å². The summed E-state index contributed by atoms with van der Waals surface area (Å²) in [6, 6.07) is 3.55. The molecule has 0 aliphatic heterocycles. The van der Waals surface area contributed by atoms with E-state index >= 15 is 0 Å². The molecule has 0 atom stereocenters. The van der Waals surface area contributed by atoms with Gasteiger partial charge in [-0.25, -0.2) is 9.59 Å². The molecule has 0 aromatic heterocycles. The summed E-state index contributed by atoms with van der Waals surface area (Å²) in [7, 11) is 0. The Morgan fingerprint density at radius 2 is 1.77 bits per heavy atom. The topological polar surface area (TPSA) is 52.6 Å². The second kappa shape index (κ2) is 8.62. The fourth-order valence-corrected chi connectivity index (χ4v) is 2.13. The van der Waals surface area contributed by atoms with Crippen LogP contribution < -0.4 is 4.74 Å². The van der Waals surface area contributed by atoms with Crippen LogP contribution in [0, 0.1) is 0 Å². The molecule has 0 aliphatic carbocycles. The van der Waals surface area contributed by atoms with Crippen molar-refractivity contribution in [2.75, 3.05) is 6.61 Å². The van der Waals surface area contributed by atoms with Gasteiger partial charge in [0.1, 0.15) is 5.75 Å². The fraction of sp³-hybridized carbons (Fsp3) is 0.222. The highest BCUT2D eigenvalue weighted by molar-refractivity contribution is 5.84. The van der Waals surface area contributed by atoms with Crippen LogP contribution in [0.25, 0.3) is 6.08 Å². The molecule has 0 bridgehead atoms. The van der Waals surface area contributed by atoms with Crippen molar-refractivity contribution in [3.05, 3.63) is 60.7 Å². The summed E-state index contributed by atoms with van der Waals surface area (Å²) in [6.07, 6.45) is 5.14. The molecule has 0 fully saturated rings. The molecule has 0 amide bonds. The Morgan fingerprint density at radius 3 is 2.32 bits per heavy atom. The van der Waals surface area contributed by atoms with Crippen LogP contribution in [-0.2, 0) is 27.2 Å². The summed E-state index contributed by atoms with van der Waals surface area (Å²) >= 11 is 0. The van der Waals surface area contributed by atoms with E-state index in [2.05, 4.69) is 19.7 Å². The third kappa shape index (κ3) is 4.45. The number of rotatable bonds is 8. The minimum Gasteiger partial charge on any atom is -0.462 e. The van der Waals surface area contributed by atoms with E-state index in [9.17, 15) is 9.59 Å². The van der Waals surface area contributed by atoms with Gasteiger partial charge in [-0.2, -0.15) is 0 Å². The van der Waals surface area contributed by atoms with Gasteiger partial charge in [-0.3, -0.25) is 0 Å². The van der Waals surface area contributed by atoms with Gasteiger partial charge >= 0.3 is 11.9 Å². The summed E-state index contributed by atoms with van der Waals surface area (Å²) in [4.78, 5) is 22.6. The van der Waals surface area contributed by atoms with Crippen LogP contribution in [-0.4, -0.2) is 18.5 Å². The minimum absolute atomic E-state index is 0.178. The Morgan fingerprint density at radius 1 is 1.09 bits per heavy atom. The van der Waals surface area contributed by atoms with Crippen molar-refractivity contribution in [1.82, 2.24) is 0 Å². The monoisotopic (exact) mass is 300 g/mol. The van der Waals surface area contributed by atoms with Crippen molar-refractivity contribution in [3.8, 4) is 5.75 Å². The van der Waals surface area contributed by atoms with Crippen LogP contribution in [0.4, 0.5) is 0 Å². The number of carbonyl (C=O) groups excluding carboxylic acids is 2. The molecule has 0 heterocycles. The van der Waals surface area contributed by atoms with Gasteiger partial charge in [-0.1, -0.05) is 38.8 Å². The predicted molar refractivity (Wildman–Crippen MR) is 86.6 cm³/mol. The molecule has 1 rings (SSSR count). The second-order valence-corrected chi connectivity index (χ2v) is 4.41. The zero-order valence-electron chi connectivity index (χ0n) is 12.8. The molecule has 1 aromatic rings. The Kier molecular flexibility index (Phi) is 6.83. The maximum atomic E-state index is 11.5. The second-order valence-electron chi connectivity index (χ2n) is 4.41. The van der Waals surface area contributed by atoms with E-state index in [-0.39, 0.29) is 6.61 Å². The Bertz CT molecular complexity index is 599.